The monoisotopic (exact) mass is 956 g/mol. The number of esters is 2. The van der Waals surface area contributed by atoms with E-state index in [9.17, 15) is 38.8 Å². The number of nitrogens with one attached hydrogen (secondary N) is 1. The van der Waals surface area contributed by atoms with Crippen molar-refractivity contribution in [1.29, 1.82) is 0 Å². The molecule has 0 saturated heterocycles. The van der Waals surface area contributed by atoms with Crippen LogP contribution in [-0.4, -0.2) is 84.1 Å². The van der Waals surface area contributed by atoms with Crippen LogP contribution >= 0.6 is 7.82 Å². The summed E-state index contributed by atoms with van der Waals surface area (Å²) in [5.41, 5.74) is 0.526. The van der Waals surface area contributed by atoms with Crippen molar-refractivity contribution in [3.8, 4) is 5.75 Å². The summed E-state index contributed by atoms with van der Waals surface area (Å²) >= 11 is 0. The Hall–Kier alpha value is -3.03. The molecule has 15 heteroatoms. The first-order valence-corrected chi connectivity index (χ1v) is 27.3. The summed E-state index contributed by atoms with van der Waals surface area (Å²) in [5, 5.41) is 21.5. The van der Waals surface area contributed by atoms with Gasteiger partial charge in [0.15, 0.2) is 0 Å². The molecule has 66 heavy (non-hydrogen) atoms. The highest BCUT2D eigenvalue weighted by Crippen LogP contribution is 2.43. The van der Waals surface area contributed by atoms with Crippen LogP contribution in [0.4, 0.5) is 0 Å². The fourth-order valence-electron chi connectivity index (χ4n) is 7.62. The third-order valence-electron chi connectivity index (χ3n) is 11.7. The molecular formula is C51H90NO13P. The number of phosphoric ester groups is 1. The van der Waals surface area contributed by atoms with E-state index in [4.69, 9.17) is 23.3 Å². The van der Waals surface area contributed by atoms with Gasteiger partial charge in [-0.25, -0.2) is 4.57 Å². The number of carbonyl (C=O) groups excluding carboxylic acids is 3. The minimum Gasteiger partial charge on any atom is -0.508 e. The maximum absolute atomic E-state index is 13.0. The van der Waals surface area contributed by atoms with Gasteiger partial charge in [-0.3, -0.25) is 28.2 Å². The molecule has 0 fully saturated rings. The number of unbranched alkanes of at least 4 members (excludes halogenated alkanes) is 22. The number of carbonyl (C=O) groups is 4. The SMILES string of the molecule is CCCCCCCCCCCCCC(=O)O[C@H](COCC[C@@H](CCCCCCC)OC(=O)CCCCCCCCCCC)COP(=O)(O)OCCNC(=O)C(Cc1ccc(O)cc1)C(=O)O. The van der Waals surface area contributed by atoms with Crippen LogP contribution in [0.3, 0.4) is 0 Å². The number of phenolic OH excluding ortho intramolecular Hbond substituents is 1. The lowest BCUT2D eigenvalue weighted by atomic mass is 9.98. The smallest absolute Gasteiger partial charge is 0.472 e. The zero-order valence-corrected chi connectivity index (χ0v) is 42.1. The van der Waals surface area contributed by atoms with Crippen LogP contribution in [-0.2, 0) is 53.4 Å². The average molecular weight is 956 g/mol. The number of ether oxygens (including phenoxy) is 3. The van der Waals surface area contributed by atoms with Gasteiger partial charge in [0.2, 0.25) is 5.91 Å². The Balaban J connectivity index is 2.73. The van der Waals surface area contributed by atoms with E-state index < -0.39 is 50.9 Å². The fourth-order valence-corrected chi connectivity index (χ4v) is 8.37. The molecule has 0 aliphatic heterocycles. The largest absolute Gasteiger partial charge is 0.508 e. The highest BCUT2D eigenvalue weighted by atomic mass is 31.2. The quantitative estimate of drug-likeness (QED) is 0.0208. The number of aromatic hydroxyl groups is 1. The second kappa shape index (κ2) is 41.0. The van der Waals surface area contributed by atoms with Crippen LogP contribution in [0.5, 0.6) is 5.75 Å². The van der Waals surface area contributed by atoms with E-state index in [0.717, 1.165) is 77.0 Å². The van der Waals surface area contributed by atoms with Crippen molar-refractivity contribution < 1.29 is 62.1 Å². The molecule has 382 valence electrons. The van der Waals surface area contributed by atoms with Crippen LogP contribution in [0, 0.1) is 5.92 Å². The Labute approximate surface area is 398 Å². The van der Waals surface area contributed by atoms with Crippen molar-refractivity contribution in [2.24, 2.45) is 5.92 Å². The Morgan fingerprint density at radius 2 is 1.03 bits per heavy atom. The van der Waals surface area contributed by atoms with Gasteiger partial charge < -0.3 is 34.6 Å². The summed E-state index contributed by atoms with van der Waals surface area (Å²) in [7, 11) is -4.71. The van der Waals surface area contributed by atoms with Gasteiger partial charge >= 0.3 is 25.7 Å². The summed E-state index contributed by atoms with van der Waals surface area (Å²) in [4.78, 5) is 60.7. The first kappa shape index (κ1) is 61.0. The third-order valence-corrected chi connectivity index (χ3v) is 12.6. The molecule has 4 N–H and O–H groups in total. The van der Waals surface area contributed by atoms with Gasteiger partial charge in [-0.05, 0) is 49.8 Å². The summed E-state index contributed by atoms with van der Waals surface area (Å²) in [6.07, 6.45) is 28.6. The molecule has 0 spiro atoms. The lowest BCUT2D eigenvalue weighted by Gasteiger charge is -2.21. The Bertz CT molecular complexity index is 1430. The molecule has 0 heterocycles. The zero-order valence-electron chi connectivity index (χ0n) is 41.2. The van der Waals surface area contributed by atoms with Crippen molar-refractivity contribution in [2.75, 3.05) is 33.0 Å². The van der Waals surface area contributed by atoms with Crippen LogP contribution in [0.1, 0.15) is 213 Å². The molecular weight excluding hydrogens is 866 g/mol. The van der Waals surface area contributed by atoms with Gasteiger partial charge in [0.25, 0.3) is 0 Å². The number of phosphoric acid groups is 1. The van der Waals surface area contributed by atoms with Crippen molar-refractivity contribution in [3.63, 3.8) is 0 Å². The van der Waals surface area contributed by atoms with Crippen molar-refractivity contribution in [1.82, 2.24) is 5.32 Å². The molecule has 0 saturated carbocycles. The molecule has 0 aliphatic rings. The molecule has 0 radical (unpaired) electrons. The number of hydrogen-bond acceptors (Lipinski definition) is 11. The van der Waals surface area contributed by atoms with Crippen molar-refractivity contribution in [3.05, 3.63) is 29.8 Å². The molecule has 0 aromatic heterocycles. The van der Waals surface area contributed by atoms with E-state index in [-0.39, 0.29) is 50.4 Å². The van der Waals surface area contributed by atoms with Gasteiger partial charge in [-0.15, -0.1) is 0 Å². The highest BCUT2D eigenvalue weighted by Gasteiger charge is 2.28. The molecule has 1 amide bonds. The van der Waals surface area contributed by atoms with Crippen LogP contribution in [0.15, 0.2) is 24.3 Å². The van der Waals surface area contributed by atoms with E-state index in [1.807, 2.05) is 0 Å². The lowest BCUT2D eigenvalue weighted by molar-refractivity contribution is -0.156. The number of rotatable bonds is 46. The number of amides is 1. The van der Waals surface area contributed by atoms with Crippen LogP contribution in [0.2, 0.25) is 0 Å². The Kier molecular flexibility index (Phi) is 37.9. The molecule has 0 aliphatic carbocycles. The number of carboxylic acid groups (broad SMARTS) is 1. The number of phenols is 1. The molecule has 1 aromatic rings. The first-order chi connectivity index (χ1) is 31.9. The number of carboxylic acids is 1. The van der Waals surface area contributed by atoms with Gasteiger partial charge in [-0.1, -0.05) is 174 Å². The van der Waals surface area contributed by atoms with E-state index >= 15 is 0 Å². The minimum atomic E-state index is -4.71. The molecule has 0 bridgehead atoms. The first-order valence-electron chi connectivity index (χ1n) is 25.8. The second-order valence-corrected chi connectivity index (χ2v) is 19.3. The fraction of sp³-hybridized carbons (Fsp3) is 0.804. The molecule has 14 nitrogen and oxygen atoms in total. The zero-order chi connectivity index (χ0) is 48.5. The van der Waals surface area contributed by atoms with Gasteiger partial charge in [0, 0.05) is 25.8 Å². The predicted octanol–water partition coefficient (Wildman–Crippen LogP) is 12.1. The average Bonchev–Trinajstić information content (AvgIpc) is 3.29. The second-order valence-electron chi connectivity index (χ2n) is 17.8. The molecule has 4 atom stereocenters. The van der Waals surface area contributed by atoms with E-state index in [1.165, 1.54) is 108 Å². The van der Waals surface area contributed by atoms with Gasteiger partial charge in [-0.2, -0.15) is 0 Å². The Morgan fingerprint density at radius 3 is 1.52 bits per heavy atom. The highest BCUT2D eigenvalue weighted by molar-refractivity contribution is 7.47. The van der Waals surface area contributed by atoms with Gasteiger partial charge in [0.05, 0.1) is 26.4 Å². The topological polar surface area (TPSA) is 204 Å². The van der Waals surface area contributed by atoms with Crippen LogP contribution in [0.25, 0.3) is 0 Å². The van der Waals surface area contributed by atoms with E-state index in [1.54, 1.807) is 0 Å². The van der Waals surface area contributed by atoms with Crippen molar-refractivity contribution in [2.45, 2.75) is 226 Å². The minimum absolute atomic E-state index is 0.00507. The summed E-state index contributed by atoms with van der Waals surface area (Å²) in [6, 6.07) is 5.81. The van der Waals surface area contributed by atoms with E-state index in [0.29, 0.717) is 24.8 Å². The molecule has 2 unspecified atom stereocenters. The molecule has 1 aromatic carbocycles. The standard InChI is InChI=1S/C51H90NO13P/c1-4-7-10-13-15-17-18-20-22-25-28-31-49(55)65-46(42-63-66(59,60)62-39-37-52-50(56)47(51(57)58)40-43-32-34-44(53)35-33-43)41-61-38-36-45(29-26-23-12-9-6-3)64-48(54)30-27-24-21-19-16-14-11-8-5-2/h32-35,45-47,53H,4-31,36-42H2,1-3H3,(H,52,56)(H,57,58)(H,59,60)/t45-,46-,47?/m1/s1. The van der Waals surface area contributed by atoms with E-state index in [2.05, 4.69) is 26.1 Å². The molecule has 1 rings (SSSR count). The maximum Gasteiger partial charge on any atom is 0.472 e. The Morgan fingerprint density at radius 1 is 0.576 bits per heavy atom. The number of hydrogen-bond donors (Lipinski definition) is 4. The summed E-state index contributed by atoms with van der Waals surface area (Å²) in [6.45, 7) is 5.41. The number of benzene rings is 1. The lowest BCUT2D eigenvalue weighted by Crippen LogP contribution is -2.38. The summed E-state index contributed by atoms with van der Waals surface area (Å²) < 4.78 is 40.7. The number of aliphatic carboxylic acids is 1. The van der Waals surface area contributed by atoms with Crippen LogP contribution < -0.4 is 5.32 Å². The third kappa shape index (κ3) is 35.2. The van der Waals surface area contributed by atoms with Gasteiger partial charge in [0.1, 0.15) is 23.9 Å². The van der Waals surface area contributed by atoms with Crippen molar-refractivity contribution >= 4 is 31.6 Å². The maximum atomic E-state index is 13.0. The predicted molar refractivity (Wildman–Crippen MR) is 259 cm³/mol. The normalized spacial score (nSPS) is 13.7. The summed E-state index contributed by atoms with van der Waals surface area (Å²) in [5.74, 6) is -4.28.